The number of hydrogen-bond acceptors (Lipinski definition) is 3. The molecule has 2 aromatic rings. The average Bonchev–Trinajstić information content (AvgIpc) is 2.40. The Kier molecular flexibility index (Phi) is 6.91. The SMILES string of the molecule is O=C([O-])c1cccc(Oc2ccc(C(F)(F)F)cc2Cl)c1.[K+]. The second kappa shape index (κ2) is 7.81. The third-order valence-corrected chi connectivity index (χ3v) is 2.85. The Balaban J connectivity index is 0.00000242. The van der Waals surface area contributed by atoms with Crippen LogP contribution in [0.5, 0.6) is 11.5 Å². The smallest absolute Gasteiger partial charge is 0.545 e. The van der Waals surface area contributed by atoms with Crippen LogP contribution in [0.15, 0.2) is 42.5 Å². The number of alkyl halides is 3. The predicted molar refractivity (Wildman–Crippen MR) is 67.3 cm³/mol. The van der Waals surface area contributed by atoms with Crippen LogP contribution in [-0.4, -0.2) is 5.97 Å². The van der Waals surface area contributed by atoms with Crippen LogP contribution in [-0.2, 0) is 6.18 Å². The van der Waals surface area contributed by atoms with Crippen LogP contribution < -0.4 is 61.2 Å². The summed E-state index contributed by atoms with van der Waals surface area (Å²) in [7, 11) is 0. The summed E-state index contributed by atoms with van der Waals surface area (Å²) in [5.74, 6) is -1.28. The molecule has 0 fully saturated rings. The minimum absolute atomic E-state index is 0. The second-order valence-corrected chi connectivity index (χ2v) is 4.47. The molecular formula is C14H7ClF3KO3. The topological polar surface area (TPSA) is 49.4 Å². The number of ether oxygens (including phenoxy) is 1. The zero-order chi connectivity index (χ0) is 15.6. The molecule has 0 bridgehead atoms. The Morgan fingerprint density at radius 2 is 1.82 bits per heavy atom. The van der Waals surface area contributed by atoms with Gasteiger partial charge in [-0.1, -0.05) is 23.7 Å². The molecule has 0 unspecified atom stereocenters. The van der Waals surface area contributed by atoms with Crippen LogP contribution in [0.4, 0.5) is 13.2 Å². The van der Waals surface area contributed by atoms with Crippen LogP contribution in [0.1, 0.15) is 15.9 Å². The first kappa shape index (κ1) is 19.5. The van der Waals surface area contributed by atoms with E-state index in [4.69, 9.17) is 16.3 Å². The maximum atomic E-state index is 12.5. The molecule has 2 aromatic carbocycles. The molecule has 110 valence electrons. The van der Waals surface area contributed by atoms with E-state index in [1.54, 1.807) is 0 Å². The third-order valence-electron chi connectivity index (χ3n) is 2.56. The molecule has 0 amide bonds. The Morgan fingerprint density at radius 3 is 2.36 bits per heavy atom. The van der Waals surface area contributed by atoms with Gasteiger partial charge in [-0.3, -0.25) is 0 Å². The van der Waals surface area contributed by atoms with Gasteiger partial charge >= 0.3 is 57.6 Å². The Bertz CT molecular complexity index is 689. The van der Waals surface area contributed by atoms with Crippen LogP contribution >= 0.6 is 11.6 Å². The van der Waals surface area contributed by atoms with Gasteiger partial charge < -0.3 is 14.6 Å². The summed E-state index contributed by atoms with van der Waals surface area (Å²) in [6.45, 7) is 0. The molecule has 0 radical (unpaired) electrons. The van der Waals surface area contributed by atoms with Crippen LogP contribution in [0, 0.1) is 0 Å². The fraction of sp³-hybridized carbons (Fsp3) is 0.0714. The Morgan fingerprint density at radius 1 is 1.14 bits per heavy atom. The molecule has 0 heterocycles. The summed E-state index contributed by atoms with van der Waals surface area (Å²) >= 11 is 5.73. The number of hydrogen-bond donors (Lipinski definition) is 0. The van der Waals surface area contributed by atoms with Crippen molar-refractivity contribution >= 4 is 17.6 Å². The Hall–Kier alpha value is -0.574. The summed E-state index contributed by atoms with van der Waals surface area (Å²) in [6, 6.07) is 7.97. The zero-order valence-electron chi connectivity index (χ0n) is 11.3. The second-order valence-electron chi connectivity index (χ2n) is 4.06. The molecule has 3 nitrogen and oxygen atoms in total. The fourth-order valence-corrected chi connectivity index (χ4v) is 1.79. The number of benzene rings is 2. The van der Waals surface area contributed by atoms with Gasteiger partial charge in [-0.05, 0) is 30.3 Å². The third kappa shape index (κ3) is 4.97. The molecular weight excluding hydrogens is 348 g/mol. The normalized spacial score (nSPS) is 10.7. The van der Waals surface area contributed by atoms with Crippen molar-refractivity contribution < 1.29 is 79.2 Å². The van der Waals surface area contributed by atoms with Gasteiger partial charge in [0.15, 0.2) is 0 Å². The van der Waals surface area contributed by atoms with E-state index < -0.39 is 17.7 Å². The van der Waals surface area contributed by atoms with Crippen molar-refractivity contribution in [2.45, 2.75) is 6.18 Å². The first-order chi connectivity index (χ1) is 9.77. The molecule has 0 atom stereocenters. The molecule has 0 aliphatic heterocycles. The predicted octanol–water partition coefficient (Wildman–Crippen LogP) is 0.519. The number of carboxylic acids is 1. The fourth-order valence-electron chi connectivity index (χ4n) is 1.57. The maximum absolute atomic E-state index is 12.5. The van der Waals surface area contributed by atoms with Crippen molar-refractivity contribution in [1.29, 1.82) is 0 Å². The average molecular weight is 355 g/mol. The molecule has 0 saturated carbocycles. The summed E-state index contributed by atoms with van der Waals surface area (Å²) < 4.78 is 42.8. The zero-order valence-corrected chi connectivity index (χ0v) is 15.2. The molecule has 0 spiro atoms. The van der Waals surface area contributed by atoms with Crippen molar-refractivity contribution in [2.75, 3.05) is 0 Å². The Labute approximate surface area is 171 Å². The van der Waals surface area contributed by atoms with Gasteiger partial charge in [0.1, 0.15) is 11.5 Å². The van der Waals surface area contributed by atoms with Gasteiger partial charge in [0, 0.05) is 5.56 Å². The van der Waals surface area contributed by atoms with E-state index in [0.717, 1.165) is 18.2 Å². The van der Waals surface area contributed by atoms with Crippen LogP contribution in [0.25, 0.3) is 0 Å². The summed E-state index contributed by atoms with van der Waals surface area (Å²) in [5.41, 5.74) is -1.01. The monoisotopic (exact) mass is 354 g/mol. The summed E-state index contributed by atoms with van der Waals surface area (Å²) in [6.07, 6.45) is -4.50. The number of carbonyl (C=O) groups excluding carboxylic acids is 1. The van der Waals surface area contributed by atoms with Crippen molar-refractivity contribution in [2.24, 2.45) is 0 Å². The number of halogens is 4. The molecule has 2 rings (SSSR count). The standard InChI is InChI=1S/C14H8ClF3O3.K/c15-11-7-9(14(16,17)18)4-5-12(11)21-10-3-1-2-8(6-10)13(19)20;/h1-7H,(H,19,20);/q;+1/p-1. The molecule has 8 heteroatoms. The molecule has 0 aromatic heterocycles. The first-order valence-corrected chi connectivity index (χ1v) is 6.01. The number of carbonyl (C=O) groups is 1. The van der Waals surface area contributed by atoms with Gasteiger partial charge in [0.2, 0.25) is 0 Å². The molecule has 0 aliphatic carbocycles. The number of carboxylic acid groups (broad SMARTS) is 1. The van der Waals surface area contributed by atoms with Crippen LogP contribution in [0.3, 0.4) is 0 Å². The maximum Gasteiger partial charge on any atom is 1.00 e. The summed E-state index contributed by atoms with van der Waals surface area (Å²) in [4.78, 5) is 10.7. The van der Waals surface area contributed by atoms with Crippen molar-refractivity contribution in [1.82, 2.24) is 0 Å². The van der Waals surface area contributed by atoms with Crippen molar-refractivity contribution in [3.8, 4) is 11.5 Å². The van der Waals surface area contributed by atoms with E-state index in [2.05, 4.69) is 0 Å². The van der Waals surface area contributed by atoms with Gasteiger partial charge in [0.25, 0.3) is 0 Å². The van der Waals surface area contributed by atoms with Gasteiger partial charge in [-0.15, -0.1) is 0 Å². The first-order valence-electron chi connectivity index (χ1n) is 5.63. The van der Waals surface area contributed by atoms with Gasteiger partial charge in [0.05, 0.1) is 16.6 Å². The van der Waals surface area contributed by atoms with Gasteiger partial charge in [-0.25, -0.2) is 0 Å². The van der Waals surface area contributed by atoms with Crippen molar-refractivity contribution in [3.05, 3.63) is 58.6 Å². The van der Waals surface area contributed by atoms with E-state index in [9.17, 15) is 23.1 Å². The van der Waals surface area contributed by atoms with E-state index in [0.29, 0.717) is 0 Å². The minimum atomic E-state index is -4.50. The van der Waals surface area contributed by atoms with E-state index >= 15 is 0 Å². The van der Waals surface area contributed by atoms with E-state index in [1.807, 2.05) is 0 Å². The largest absolute Gasteiger partial charge is 1.00 e. The quantitative estimate of drug-likeness (QED) is 0.755. The minimum Gasteiger partial charge on any atom is -0.545 e. The number of aromatic carboxylic acids is 1. The van der Waals surface area contributed by atoms with E-state index in [-0.39, 0.29) is 73.5 Å². The molecule has 22 heavy (non-hydrogen) atoms. The van der Waals surface area contributed by atoms with Gasteiger partial charge in [-0.2, -0.15) is 13.2 Å². The van der Waals surface area contributed by atoms with Crippen molar-refractivity contribution in [3.63, 3.8) is 0 Å². The van der Waals surface area contributed by atoms with Crippen LogP contribution in [0.2, 0.25) is 5.02 Å². The van der Waals surface area contributed by atoms with E-state index in [1.165, 1.54) is 24.3 Å². The molecule has 0 saturated heterocycles. The number of rotatable bonds is 3. The summed E-state index contributed by atoms with van der Waals surface area (Å²) in [5, 5.41) is 10.5. The molecule has 0 N–H and O–H groups in total. The molecule has 0 aliphatic rings.